The van der Waals surface area contributed by atoms with Crippen LogP contribution >= 0.6 is 0 Å². The monoisotopic (exact) mass is 372 g/mol. The molecule has 3 rings (SSSR count). The molecule has 7 heteroatoms. The van der Waals surface area contributed by atoms with Crippen LogP contribution in [-0.2, 0) is 0 Å². The lowest BCUT2D eigenvalue weighted by Crippen LogP contribution is -2.46. The van der Waals surface area contributed by atoms with Gasteiger partial charge in [-0.15, -0.1) is 0 Å². The van der Waals surface area contributed by atoms with E-state index in [0.29, 0.717) is 18.1 Å². The number of fused-ring (bicyclic) bond motifs is 1. The minimum atomic E-state index is -0.850. The van der Waals surface area contributed by atoms with Gasteiger partial charge in [-0.2, -0.15) is 0 Å². The summed E-state index contributed by atoms with van der Waals surface area (Å²) in [6.07, 6.45) is 3.84. The Bertz CT molecular complexity index is 863. The molecular weight excluding hydrogens is 344 g/mol. The fourth-order valence-electron chi connectivity index (χ4n) is 3.81. The smallest absolute Gasteiger partial charge is 0.407 e. The van der Waals surface area contributed by atoms with Crippen LogP contribution in [-0.4, -0.2) is 51.2 Å². The standard InChI is InChI=1S/C20H28N4O3/c1-20(2,3)24(19(26)27)13-9-14-7-11-23(12-8-14)16-6-10-21-18-15(16)4-5-17(25)22-18/h4-6,10,14H,7-9,11-13H2,1-3H3,(H,26,27)(H,21,22,25). The zero-order valence-corrected chi connectivity index (χ0v) is 16.2. The molecule has 3 heterocycles. The van der Waals surface area contributed by atoms with Gasteiger partial charge >= 0.3 is 6.09 Å². The van der Waals surface area contributed by atoms with E-state index in [9.17, 15) is 14.7 Å². The summed E-state index contributed by atoms with van der Waals surface area (Å²) in [5.74, 6) is 0.526. The molecule has 0 radical (unpaired) electrons. The average Bonchev–Trinajstić information content (AvgIpc) is 2.60. The number of anilines is 1. The van der Waals surface area contributed by atoms with Crippen molar-refractivity contribution in [2.45, 2.75) is 45.6 Å². The molecule has 7 nitrogen and oxygen atoms in total. The minimum Gasteiger partial charge on any atom is -0.465 e. The van der Waals surface area contributed by atoms with E-state index >= 15 is 0 Å². The number of nitrogens with one attached hydrogen (secondary N) is 1. The first-order valence-electron chi connectivity index (χ1n) is 9.49. The topological polar surface area (TPSA) is 89.5 Å². The maximum Gasteiger partial charge on any atom is 0.407 e. The second-order valence-electron chi connectivity index (χ2n) is 8.24. The van der Waals surface area contributed by atoms with Gasteiger partial charge in [-0.1, -0.05) is 0 Å². The van der Waals surface area contributed by atoms with Crippen LogP contribution in [0.3, 0.4) is 0 Å². The molecule has 2 aromatic heterocycles. The number of carboxylic acid groups (broad SMARTS) is 1. The molecule has 2 N–H and O–H groups in total. The first kappa shape index (κ1) is 19.2. The predicted octanol–water partition coefficient (Wildman–Crippen LogP) is 3.31. The van der Waals surface area contributed by atoms with E-state index in [1.54, 1.807) is 6.20 Å². The lowest BCUT2D eigenvalue weighted by molar-refractivity contribution is 0.0949. The lowest BCUT2D eigenvalue weighted by atomic mass is 9.92. The lowest BCUT2D eigenvalue weighted by Gasteiger charge is -2.37. The van der Waals surface area contributed by atoms with Crippen molar-refractivity contribution in [1.82, 2.24) is 14.9 Å². The first-order valence-corrected chi connectivity index (χ1v) is 9.49. The van der Waals surface area contributed by atoms with Crippen LogP contribution in [0.4, 0.5) is 10.5 Å². The Morgan fingerprint density at radius 1 is 1.30 bits per heavy atom. The fraction of sp³-hybridized carbons (Fsp3) is 0.550. The molecule has 0 atom stereocenters. The summed E-state index contributed by atoms with van der Waals surface area (Å²) in [4.78, 5) is 33.9. The van der Waals surface area contributed by atoms with Crippen LogP contribution in [0.15, 0.2) is 29.2 Å². The predicted molar refractivity (Wildman–Crippen MR) is 106 cm³/mol. The summed E-state index contributed by atoms with van der Waals surface area (Å²) < 4.78 is 0. The Hall–Kier alpha value is -2.57. The minimum absolute atomic E-state index is 0.146. The SMILES string of the molecule is CC(C)(C)N(CCC1CCN(c2ccnc3[nH]c(=O)ccc23)CC1)C(=O)O. The number of H-pyrrole nitrogens is 1. The van der Waals surface area contributed by atoms with Gasteiger partial charge in [0.15, 0.2) is 0 Å². The fourth-order valence-corrected chi connectivity index (χ4v) is 3.81. The molecule has 1 aliphatic heterocycles. The second-order valence-corrected chi connectivity index (χ2v) is 8.24. The van der Waals surface area contributed by atoms with Crippen molar-refractivity contribution >= 4 is 22.8 Å². The van der Waals surface area contributed by atoms with Gasteiger partial charge in [0.05, 0.1) is 0 Å². The van der Waals surface area contributed by atoms with Gasteiger partial charge in [0.2, 0.25) is 5.56 Å². The molecule has 146 valence electrons. The highest BCUT2D eigenvalue weighted by Crippen LogP contribution is 2.29. The summed E-state index contributed by atoms with van der Waals surface area (Å²) in [6, 6.07) is 5.36. The first-order chi connectivity index (χ1) is 12.8. The third-order valence-electron chi connectivity index (χ3n) is 5.37. The number of aromatic nitrogens is 2. The number of nitrogens with zero attached hydrogens (tertiary/aromatic N) is 3. The summed E-state index contributed by atoms with van der Waals surface area (Å²) in [5, 5.41) is 10.4. The van der Waals surface area contributed by atoms with Gasteiger partial charge in [0, 0.05) is 48.5 Å². The van der Waals surface area contributed by atoms with Crippen molar-refractivity contribution in [2.75, 3.05) is 24.5 Å². The van der Waals surface area contributed by atoms with Crippen LogP contribution < -0.4 is 10.5 Å². The number of hydrogen-bond acceptors (Lipinski definition) is 4. The van der Waals surface area contributed by atoms with Gasteiger partial charge in [-0.25, -0.2) is 9.78 Å². The Kier molecular flexibility index (Phi) is 5.39. The van der Waals surface area contributed by atoms with Crippen molar-refractivity contribution < 1.29 is 9.90 Å². The van der Waals surface area contributed by atoms with Gasteiger partial charge in [-0.3, -0.25) is 4.79 Å². The molecule has 0 saturated carbocycles. The van der Waals surface area contributed by atoms with Crippen molar-refractivity contribution in [3.8, 4) is 0 Å². The van der Waals surface area contributed by atoms with Gasteiger partial charge in [0.1, 0.15) is 5.65 Å². The quantitative estimate of drug-likeness (QED) is 0.859. The zero-order valence-electron chi connectivity index (χ0n) is 16.2. The maximum absolute atomic E-state index is 11.5. The summed E-state index contributed by atoms with van der Waals surface area (Å²) in [7, 11) is 0. The van der Waals surface area contributed by atoms with Gasteiger partial charge < -0.3 is 19.9 Å². The molecule has 0 spiro atoms. The molecule has 0 bridgehead atoms. The number of pyridine rings is 2. The molecule has 1 aliphatic rings. The van der Waals surface area contributed by atoms with Crippen molar-refractivity contribution in [3.63, 3.8) is 0 Å². The summed E-state index contributed by atoms with van der Waals surface area (Å²) >= 11 is 0. The Balaban J connectivity index is 1.63. The van der Waals surface area contributed by atoms with E-state index in [4.69, 9.17) is 0 Å². The van der Waals surface area contributed by atoms with Gasteiger partial charge in [0.25, 0.3) is 0 Å². The largest absolute Gasteiger partial charge is 0.465 e. The van der Waals surface area contributed by atoms with Crippen molar-refractivity contribution in [1.29, 1.82) is 0 Å². The maximum atomic E-state index is 11.5. The molecule has 1 saturated heterocycles. The molecule has 0 aromatic carbocycles. The van der Waals surface area contributed by atoms with Crippen LogP contribution in [0.1, 0.15) is 40.0 Å². The van der Waals surface area contributed by atoms with Crippen LogP contribution in [0.5, 0.6) is 0 Å². The van der Waals surface area contributed by atoms with E-state index in [-0.39, 0.29) is 11.1 Å². The number of aromatic amines is 1. The Labute approximate surface area is 159 Å². The van der Waals surface area contributed by atoms with Crippen molar-refractivity contribution in [3.05, 3.63) is 34.7 Å². The molecule has 1 amide bonds. The van der Waals surface area contributed by atoms with E-state index in [1.165, 1.54) is 11.0 Å². The van der Waals surface area contributed by atoms with E-state index in [2.05, 4.69) is 14.9 Å². The Morgan fingerprint density at radius 2 is 2.00 bits per heavy atom. The van der Waals surface area contributed by atoms with Crippen LogP contribution in [0.2, 0.25) is 0 Å². The van der Waals surface area contributed by atoms with E-state index < -0.39 is 6.09 Å². The number of amides is 1. The van der Waals surface area contributed by atoms with Gasteiger partial charge in [-0.05, 0) is 58.1 Å². The number of hydrogen-bond donors (Lipinski definition) is 2. The van der Waals surface area contributed by atoms with E-state index in [0.717, 1.165) is 43.4 Å². The molecule has 27 heavy (non-hydrogen) atoms. The molecule has 0 aliphatic carbocycles. The zero-order chi connectivity index (χ0) is 19.6. The highest BCUT2D eigenvalue weighted by Gasteiger charge is 2.28. The van der Waals surface area contributed by atoms with Crippen LogP contribution in [0, 0.1) is 5.92 Å². The second kappa shape index (κ2) is 7.58. The molecule has 0 unspecified atom stereocenters. The number of piperidine rings is 1. The highest BCUT2D eigenvalue weighted by molar-refractivity contribution is 5.89. The highest BCUT2D eigenvalue weighted by atomic mass is 16.4. The molecule has 1 fully saturated rings. The summed E-state index contributed by atoms with van der Waals surface area (Å²) in [6.45, 7) is 8.22. The molecule has 2 aromatic rings. The van der Waals surface area contributed by atoms with E-state index in [1.807, 2.05) is 32.9 Å². The number of carbonyl (C=O) groups is 1. The van der Waals surface area contributed by atoms with Crippen LogP contribution in [0.25, 0.3) is 11.0 Å². The van der Waals surface area contributed by atoms with Crippen molar-refractivity contribution in [2.24, 2.45) is 5.92 Å². The number of rotatable bonds is 4. The molecular formula is C20H28N4O3. The third kappa shape index (κ3) is 4.40. The average molecular weight is 372 g/mol. The summed E-state index contributed by atoms with van der Waals surface area (Å²) in [5.41, 5.74) is 1.19. The third-order valence-corrected chi connectivity index (χ3v) is 5.37. The Morgan fingerprint density at radius 3 is 2.63 bits per heavy atom. The normalized spacial score (nSPS) is 15.9.